The van der Waals surface area contributed by atoms with Crippen LogP contribution in [0.4, 0.5) is 4.39 Å². The first-order chi connectivity index (χ1) is 8.04. The van der Waals surface area contributed by atoms with Gasteiger partial charge >= 0.3 is 5.63 Å². The zero-order valence-corrected chi connectivity index (χ0v) is 9.71. The fourth-order valence-corrected chi connectivity index (χ4v) is 2.07. The van der Waals surface area contributed by atoms with Gasteiger partial charge in [0.1, 0.15) is 11.3 Å². The molecule has 0 saturated carbocycles. The highest BCUT2D eigenvalue weighted by Gasteiger charge is 2.16. The molecule has 0 fully saturated rings. The molecule has 17 heavy (non-hydrogen) atoms. The molecular weight excluding hydrogens is 223 g/mol. The van der Waals surface area contributed by atoms with E-state index < -0.39 is 11.4 Å². The molecule has 0 saturated heterocycles. The van der Waals surface area contributed by atoms with E-state index in [1.165, 1.54) is 12.1 Å². The summed E-state index contributed by atoms with van der Waals surface area (Å²) in [4.78, 5) is 11.3. The second-order valence-electron chi connectivity index (χ2n) is 4.07. The molecular formula is C13H13FO3. The summed E-state index contributed by atoms with van der Waals surface area (Å²) in [5.74, 6) is -0.819. The van der Waals surface area contributed by atoms with Crippen LogP contribution in [-0.4, -0.2) is 5.11 Å². The van der Waals surface area contributed by atoms with E-state index in [0.717, 1.165) is 6.42 Å². The Morgan fingerprint density at radius 3 is 2.76 bits per heavy atom. The van der Waals surface area contributed by atoms with Crippen molar-refractivity contribution < 1.29 is 13.9 Å². The van der Waals surface area contributed by atoms with Crippen LogP contribution in [0.5, 0.6) is 5.75 Å². The van der Waals surface area contributed by atoms with Crippen LogP contribution in [-0.2, 0) is 6.42 Å². The van der Waals surface area contributed by atoms with Crippen molar-refractivity contribution in [1.82, 2.24) is 0 Å². The van der Waals surface area contributed by atoms with Crippen LogP contribution in [0.25, 0.3) is 11.0 Å². The fraction of sp³-hybridized carbons (Fsp3) is 0.308. The van der Waals surface area contributed by atoms with Crippen LogP contribution in [0, 0.1) is 12.7 Å². The first kappa shape index (κ1) is 11.6. The Bertz CT molecular complexity index is 629. The van der Waals surface area contributed by atoms with Gasteiger partial charge in [0, 0.05) is 17.0 Å². The van der Waals surface area contributed by atoms with Crippen LogP contribution in [0.2, 0.25) is 0 Å². The first-order valence-electron chi connectivity index (χ1n) is 5.49. The Balaban J connectivity index is 2.92. The summed E-state index contributed by atoms with van der Waals surface area (Å²) in [7, 11) is 0. The molecule has 0 aliphatic carbocycles. The molecule has 0 radical (unpaired) electrons. The molecule has 2 rings (SSSR count). The van der Waals surface area contributed by atoms with Gasteiger partial charge in [0.2, 0.25) is 5.82 Å². The smallest absolute Gasteiger partial charge is 0.372 e. The number of halogens is 1. The van der Waals surface area contributed by atoms with Gasteiger partial charge in [0.15, 0.2) is 0 Å². The molecule has 0 spiro atoms. The highest BCUT2D eigenvalue weighted by Crippen LogP contribution is 2.28. The lowest BCUT2D eigenvalue weighted by Gasteiger charge is -2.08. The molecule has 0 bridgehead atoms. The molecule has 1 aromatic carbocycles. The first-order valence-corrected chi connectivity index (χ1v) is 5.49. The number of phenolic OH excluding ortho intramolecular Hbond substituents is 1. The largest absolute Gasteiger partial charge is 0.508 e. The Hall–Kier alpha value is -1.84. The van der Waals surface area contributed by atoms with E-state index in [1.54, 1.807) is 6.92 Å². The lowest BCUT2D eigenvalue weighted by Crippen LogP contribution is -2.10. The number of aryl methyl sites for hydroxylation is 2. The van der Waals surface area contributed by atoms with Crippen LogP contribution in [0.15, 0.2) is 21.3 Å². The number of hydrogen-bond acceptors (Lipinski definition) is 3. The van der Waals surface area contributed by atoms with Crippen molar-refractivity contribution in [2.75, 3.05) is 0 Å². The van der Waals surface area contributed by atoms with Gasteiger partial charge in [-0.2, -0.15) is 4.39 Å². The Morgan fingerprint density at radius 2 is 2.12 bits per heavy atom. The van der Waals surface area contributed by atoms with E-state index in [-0.39, 0.29) is 11.3 Å². The maximum atomic E-state index is 13.7. The van der Waals surface area contributed by atoms with Gasteiger partial charge in [-0.05, 0) is 25.0 Å². The van der Waals surface area contributed by atoms with Gasteiger partial charge in [-0.15, -0.1) is 0 Å². The second kappa shape index (κ2) is 4.20. The summed E-state index contributed by atoms with van der Waals surface area (Å²) in [5.41, 5.74) is 0.325. The van der Waals surface area contributed by atoms with Gasteiger partial charge < -0.3 is 9.52 Å². The Labute approximate surface area is 97.5 Å². The molecule has 2 aromatic rings. The maximum absolute atomic E-state index is 13.7. The number of fused-ring (bicyclic) bond motifs is 1. The van der Waals surface area contributed by atoms with E-state index in [0.29, 0.717) is 22.9 Å². The van der Waals surface area contributed by atoms with Crippen molar-refractivity contribution in [3.05, 3.63) is 39.5 Å². The average Bonchev–Trinajstić information content (AvgIpc) is 2.24. The standard InChI is InChI=1S/C13H13FO3/c1-3-4-9-11-7(2)5-8(15)6-10(11)17-13(16)12(9)14/h5-6,15H,3-4H2,1-2H3. The number of hydrogen-bond donors (Lipinski definition) is 1. The highest BCUT2D eigenvalue weighted by molar-refractivity contribution is 5.85. The van der Waals surface area contributed by atoms with Gasteiger partial charge in [-0.1, -0.05) is 13.3 Å². The quantitative estimate of drug-likeness (QED) is 0.815. The second-order valence-corrected chi connectivity index (χ2v) is 4.07. The minimum atomic E-state index is -0.981. The summed E-state index contributed by atoms with van der Waals surface area (Å²) in [6.45, 7) is 3.66. The summed E-state index contributed by atoms with van der Waals surface area (Å²) in [5, 5.41) is 10.0. The molecule has 3 nitrogen and oxygen atoms in total. The molecule has 0 unspecified atom stereocenters. The van der Waals surface area contributed by atoms with Crippen molar-refractivity contribution in [3.63, 3.8) is 0 Å². The zero-order chi connectivity index (χ0) is 12.6. The third-order valence-electron chi connectivity index (χ3n) is 2.73. The molecule has 1 N–H and O–H groups in total. The molecule has 90 valence electrons. The van der Waals surface area contributed by atoms with E-state index in [1.807, 2.05) is 6.92 Å². The molecule has 1 aromatic heterocycles. The summed E-state index contributed by atoms with van der Waals surface area (Å²) in [6.07, 6.45) is 1.20. The lowest BCUT2D eigenvalue weighted by molar-refractivity contribution is 0.463. The lowest BCUT2D eigenvalue weighted by atomic mass is 10.0. The van der Waals surface area contributed by atoms with Gasteiger partial charge in [0.05, 0.1) is 0 Å². The van der Waals surface area contributed by atoms with Crippen molar-refractivity contribution >= 4 is 11.0 Å². The summed E-state index contributed by atoms with van der Waals surface area (Å²) in [6, 6.07) is 2.86. The van der Waals surface area contributed by atoms with Crippen LogP contribution in [0.1, 0.15) is 24.5 Å². The van der Waals surface area contributed by atoms with Crippen LogP contribution >= 0.6 is 0 Å². The van der Waals surface area contributed by atoms with Gasteiger partial charge in [-0.3, -0.25) is 0 Å². The average molecular weight is 236 g/mol. The predicted molar refractivity (Wildman–Crippen MR) is 62.8 cm³/mol. The monoisotopic (exact) mass is 236 g/mol. The number of aromatic hydroxyl groups is 1. The SMILES string of the molecule is CCCc1c(F)c(=O)oc2cc(O)cc(C)c12. The normalized spacial score (nSPS) is 11.0. The summed E-state index contributed by atoms with van der Waals surface area (Å²) >= 11 is 0. The Morgan fingerprint density at radius 1 is 1.41 bits per heavy atom. The van der Waals surface area contributed by atoms with E-state index in [2.05, 4.69) is 0 Å². The molecule has 0 aliphatic heterocycles. The topological polar surface area (TPSA) is 50.4 Å². The molecule has 0 atom stereocenters. The van der Waals surface area contributed by atoms with Crippen molar-refractivity contribution in [2.45, 2.75) is 26.7 Å². The van der Waals surface area contributed by atoms with E-state index in [9.17, 15) is 14.3 Å². The number of phenols is 1. The minimum absolute atomic E-state index is 0.00667. The zero-order valence-electron chi connectivity index (χ0n) is 9.71. The Kier molecular flexibility index (Phi) is 2.88. The summed E-state index contributed by atoms with van der Waals surface area (Å²) < 4.78 is 18.6. The van der Waals surface area contributed by atoms with Gasteiger partial charge in [-0.25, -0.2) is 4.79 Å². The van der Waals surface area contributed by atoms with E-state index in [4.69, 9.17) is 4.42 Å². The van der Waals surface area contributed by atoms with E-state index >= 15 is 0 Å². The number of rotatable bonds is 2. The van der Waals surface area contributed by atoms with Crippen LogP contribution < -0.4 is 5.63 Å². The van der Waals surface area contributed by atoms with Crippen molar-refractivity contribution in [1.29, 1.82) is 0 Å². The van der Waals surface area contributed by atoms with Crippen molar-refractivity contribution in [2.24, 2.45) is 0 Å². The molecule has 4 heteroatoms. The third kappa shape index (κ3) is 1.90. The predicted octanol–water partition coefficient (Wildman–Crippen LogP) is 2.90. The van der Waals surface area contributed by atoms with Crippen LogP contribution in [0.3, 0.4) is 0 Å². The highest BCUT2D eigenvalue weighted by atomic mass is 19.1. The molecule has 0 amide bonds. The third-order valence-corrected chi connectivity index (χ3v) is 2.73. The minimum Gasteiger partial charge on any atom is -0.508 e. The molecule has 0 aliphatic rings. The maximum Gasteiger partial charge on any atom is 0.372 e. The van der Waals surface area contributed by atoms with Crippen molar-refractivity contribution in [3.8, 4) is 5.75 Å². The fourth-order valence-electron chi connectivity index (χ4n) is 2.07. The van der Waals surface area contributed by atoms with Gasteiger partial charge in [0.25, 0.3) is 0 Å². The number of benzene rings is 1. The molecule has 1 heterocycles.